The van der Waals surface area contributed by atoms with E-state index in [1.165, 1.54) is 0 Å². The highest BCUT2D eigenvalue weighted by molar-refractivity contribution is 5.43. The van der Waals surface area contributed by atoms with Crippen molar-refractivity contribution in [3.05, 3.63) is 24.5 Å². The molecule has 0 radical (unpaired) electrons. The molecule has 0 saturated carbocycles. The lowest BCUT2D eigenvalue weighted by molar-refractivity contribution is 0.201. The second-order valence-electron chi connectivity index (χ2n) is 2.93. The summed E-state index contributed by atoms with van der Waals surface area (Å²) in [5, 5.41) is 9.13. The zero-order valence-electron chi connectivity index (χ0n) is 7.44. The molecule has 0 amide bonds. The van der Waals surface area contributed by atoms with Crippen LogP contribution in [0.2, 0.25) is 0 Å². The van der Waals surface area contributed by atoms with Crippen LogP contribution < -0.4 is 4.90 Å². The highest BCUT2D eigenvalue weighted by atomic mass is 16.3. The number of pyridine rings is 1. The Labute approximate surface area is 72.7 Å². The van der Waals surface area contributed by atoms with Gasteiger partial charge in [0.1, 0.15) is 0 Å². The molecule has 66 valence electrons. The van der Waals surface area contributed by atoms with Crippen LogP contribution in [0, 0.1) is 0 Å². The second-order valence-corrected chi connectivity index (χ2v) is 2.93. The van der Waals surface area contributed by atoms with E-state index < -0.39 is 0 Å². The van der Waals surface area contributed by atoms with E-state index in [1.54, 1.807) is 19.3 Å². The van der Waals surface area contributed by atoms with Crippen LogP contribution in [0.3, 0.4) is 0 Å². The van der Waals surface area contributed by atoms with Gasteiger partial charge in [0.05, 0.1) is 6.10 Å². The van der Waals surface area contributed by atoms with Crippen LogP contribution in [0.1, 0.15) is 6.92 Å². The summed E-state index contributed by atoms with van der Waals surface area (Å²) in [6.07, 6.45) is 3.19. The average molecular weight is 166 g/mol. The lowest BCUT2D eigenvalue weighted by Crippen LogP contribution is -2.26. The summed E-state index contributed by atoms with van der Waals surface area (Å²) < 4.78 is 0. The molecule has 1 N–H and O–H groups in total. The molecule has 1 heterocycles. The fourth-order valence-corrected chi connectivity index (χ4v) is 1.10. The third-order valence-corrected chi connectivity index (χ3v) is 1.64. The highest BCUT2D eigenvalue weighted by Crippen LogP contribution is 2.09. The Hall–Kier alpha value is -1.09. The zero-order valence-corrected chi connectivity index (χ0v) is 7.44. The van der Waals surface area contributed by atoms with Gasteiger partial charge < -0.3 is 10.0 Å². The Bertz CT molecular complexity index is 223. The number of anilines is 1. The molecule has 1 aromatic rings. The summed E-state index contributed by atoms with van der Waals surface area (Å²) in [4.78, 5) is 5.91. The molecule has 0 aliphatic rings. The highest BCUT2D eigenvalue weighted by Gasteiger charge is 2.02. The van der Waals surface area contributed by atoms with Gasteiger partial charge in [-0.3, -0.25) is 4.98 Å². The van der Waals surface area contributed by atoms with Gasteiger partial charge in [0, 0.05) is 31.7 Å². The van der Waals surface area contributed by atoms with Crippen LogP contribution in [0.25, 0.3) is 0 Å². The Morgan fingerprint density at radius 2 is 2.08 bits per heavy atom. The SMILES string of the molecule is C[C@@H](O)CN(C)c1ccncc1. The third-order valence-electron chi connectivity index (χ3n) is 1.64. The van der Waals surface area contributed by atoms with Crippen LogP contribution in [-0.4, -0.2) is 29.8 Å². The quantitative estimate of drug-likeness (QED) is 0.724. The van der Waals surface area contributed by atoms with Gasteiger partial charge in [-0.25, -0.2) is 0 Å². The molecule has 0 spiro atoms. The zero-order chi connectivity index (χ0) is 8.97. The smallest absolute Gasteiger partial charge is 0.0686 e. The van der Waals surface area contributed by atoms with E-state index in [2.05, 4.69) is 4.98 Å². The fourth-order valence-electron chi connectivity index (χ4n) is 1.10. The number of rotatable bonds is 3. The van der Waals surface area contributed by atoms with E-state index in [0.29, 0.717) is 6.54 Å². The monoisotopic (exact) mass is 166 g/mol. The molecule has 0 fully saturated rings. The number of likely N-dealkylation sites (N-methyl/N-ethyl adjacent to an activating group) is 1. The molecule has 1 aromatic heterocycles. The minimum absolute atomic E-state index is 0.303. The van der Waals surface area contributed by atoms with Crippen molar-refractivity contribution in [3.63, 3.8) is 0 Å². The van der Waals surface area contributed by atoms with Gasteiger partial charge >= 0.3 is 0 Å². The lowest BCUT2D eigenvalue weighted by Gasteiger charge is -2.20. The van der Waals surface area contributed by atoms with Crippen molar-refractivity contribution < 1.29 is 5.11 Å². The molecule has 1 rings (SSSR count). The molecule has 0 aliphatic carbocycles. The molecular formula is C9H14N2O. The van der Waals surface area contributed by atoms with Crippen LogP contribution in [-0.2, 0) is 0 Å². The summed E-state index contributed by atoms with van der Waals surface area (Å²) in [5.74, 6) is 0. The molecule has 1 atom stereocenters. The summed E-state index contributed by atoms with van der Waals surface area (Å²) in [6, 6.07) is 3.84. The van der Waals surface area contributed by atoms with E-state index in [1.807, 2.05) is 24.1 Å². The van der Waals surface area contributed by atoms with E-state index in [-0.39, 0.29) is 6.10 Å². The van der Waals surface area contributed by atoms with Crippen LogP contribution >= 0.6 is 0 Å². The molecular weight excluding hydrogens is 152 g/mol. The maximum Gasteiger partial charge on any atom is 0.0686 e. The Kier molecular flexibility index (Phi) is 3.05. The Morgan fingerprint density at radius 3 is 2.58 bits per heavy atom. The van der Waals surface area contributed by atoms with Crippen molar-refractivity contribution in [2.45, 2.75) is 13.0 Å². The summed E-state index contributed by atoms with van der Waals surface area (Å²) in [7, 11) is 1.95. The first-order valence-corrected chi connectivity index (χ1v) is 3.99. The van der Waals surface area contributed by atoms with Gasteiger partial charge in [-0.2, -0.15) is 0 Å². The second kappa shape index (κ2) is 4.07. The van der Waals surface area contributed by atoms with E-state index in [4.69, 9.17) is 5.11 Å². The Morgan fingerprint density at radius 1 is 1.50 bits per heavy atom. The van der Waals surface area contributed by atoms with Gasteiger partial charge in [0.25, 0.3) is 0 Å². The first-order valence-electron chi connectivity index (χ1n) is 3.99. The molecule has 0 aliphatic heterocycles. The summed E-state index contributed by atoms with van der Waals surface area (Å²) in [5.41, 5.74) is 1.07. The van der Waals surface area contributed by atoms with Crippen LogP contribution in [0.15, 0.2) is 24.5 Å². The van der Waals surface area contributed by atoms with E-state index in [0.717, 1.165) is 5.69 Å². The molecule has 0 aromatic carbocycles. The minimum atomic E-state index is -0.303. The normalized spacial score (nSPS) is 12.6. The fraction of sp³-hybridized carbons (Fsp3) is 0.444. The van der Waals surface area contributed by atoms with Crippen molar-refractivity contribution in [1.82, 2.24) is 4.98 Å². The molecule has 0 unspecified atom stereocenters. The summed E-state index contributed by atoms with van der Waals surface area (Å²) in [6.45, 7) is 2.42. The number of aliphatic hydroxyl groups is 1. The number of nitrogens with zero attached hydrogens (tertiary/aromatic N) is 2. The lowest BCUT2D eigenvalue weighted by atomic mass is 10.3. The van der Waals surface area contributed by atoms with Gasteiger partial charge in [-0.1, -0.05) is 0 Å². The summed E-state index contributed by atoms with van der Waals surface area (Å²) >= 11 is 0. The van der Waals surface area contributed by atoms with Crippen molar-refractivity contribution in [1.29, 1.82) is 0 Å². The van der Waals surface area contributed by atoms with Gasteiger partial charge in [-0.05, 0) is 19.1 Å². The molecule has 0 bridgehead atoms. The molecule has 12 heavy (non-hydrogen) atoms. The number of aromatic nitrogens is 1. The average Bonchev–Trinajstić information content (AvgIpc) is 2.05. The molecule has 3 nitrogen and oxygen atoms in total. The van der Waals surface area contributed by atoms with Crippen molar-refractivity contribution in [3.8, 4) is 0 Å². The predicted octanol–water partition coefficient (Wildman–Crippen LogP) is 0.899. The predicted molar refractivity (Wildman–Crippen MR) is 49.2 cm³/mol. The van der Waals surface area contributed by atoms with Crippen molar-refractivity contribution >= 4 is 5.69 Å². The first-order chi connectivity index (χ1) is 5.70. The van der Waals surface area contributed by atoms with Crippen LogP contribution in [0.4, 0.5) is 5.69 Å². The van der Waals surface area contributed by atoms with Crippen molar-refractivity contribution in [2.75, 3.05) is 18.5 Å². The minimum Gasteiger partial charge on any atom is -0.392 e. The van der Waals surface area contributed by atoms with Crippen LogP contribution in [0.5, 0.6) is 0 Å². The van der Waals surface area contributed by atoms with Gasteiger partial charge in [0.15, 0.2) is 0 Å². The first kappa shape index (κ1) is 9.00. The third kappa shape index (κ3) is 2.51. The largest absolute Gasteiger partial charge is 0.392 e. The number of aliphatic hydroxyl groups excluding tert-OH is 1. The molecule has 3 heteroatoms. The van der Waals surface area contributed by atoms with Gasteiger partial charge in [-0.15, -0.1) is 0 Å². The standard InChI is InChI=1S/C9H14N2O/c1-8(12)7-11(2)9-3-5-10-6-4-9/h3-6,8,12H,7H2,1-2H3/t8-/m1/s1. The topological polar surface area (TPSA) is 36.4 Å². The number of hydrogen-bond donors (Lipinski definition) is 1. The van der Waals surface area contributed by atoms with Crippen molar-refractivity contribution in [2.24, 2.45) is 0 Å². The van der Waals surface area contributed by atoms with E-state index in [9.17, 15) is 0 Å². The maximum absolute atomic E-state index is 9.13. The molecule has 0 saturated heterocycles. The maximum atomic E-state index is 9.13. The van der Waals surface area contributed by atoms with E-state index >= 15 is 0 Å². The Balaban J connectivity index is 2.59. The van der Waals surface area contributed by atoms with Gasteiger partial charge in [0.2, 0.25) is 0 Å². The number of hydrogen-bond acceptors (Lipinski definition) is 3.